The standard InChI is InChI=1S/C26H23BrN2O5/c1-30-22-10-16(11-23(31-2)25(22)32-3)24-18-9-8-17(12-21(18)34-26(29)19(24)13-28)33-14-15-6-4-5-7-20(15)27/h4-12,24H,14,29H2,1-3H3. The van der Waals surface area contributed by atoms with Gasteiger partial charge in [-0.25, -0.2) is 0 Å². The fourth-order valence-corrected chi connectivity index (χ4v) is 4.31. The highest BCUT2D eigenvalue weighted by atomic mass is 79.9. The number of fused-ring (bicyclic) bond motifs is 1. The lowest BCUT2D eigenvalue weighted by Gasteiger charge is -2.27. The molecule has 0 bridgehead atoms. The largest absolute Gasteiger partial charge is 0.493 e. The molecule has 0 amide bonds. The second kappa shape index (κ2) is 9.98. The summed E-state index contributed by atoms with van der Waals surface area (Å²) in [6.45, 7) is 0.380. The number of methoxy groups -OCH3 is 3. The molecular weight excluding hydrogens is 500 g/mol. The summed E-state index contributed by atoms with van der Waals surface area (Å²) in [5.41, 5.74) is 9.00. The van der Waals surface area contributed by atoms with E-state index in [2.05, 4.69) is 22.0 Å². The molecule has 0 saturated carbocycles. The maximum absolute atomic E-state index is 9.88. The van der Waals surface area contributed by atoms with Gasteiger partial charge in [0.2, 0.25) is 11.6 Å². The van der Waals surface area contributed by atoms with Gasteiger partial charge in [-0.05, 0) is 29.8 Å². The molecule has 0 aromatic heterocycles. The minimum atomic E-state index is -0.486. The lowest BCUT2D eigenvalue weighted by Crippen LogP contribution is -2.21. The predicted molar refractivity (Wildman–Crippen MR) is 130 cm³/mol. The van der Waals surface area contributed by atoms with Gasteiger partial charge < -0.3 is 29.4 Å². The van der Waals surface area contributed by atoms with Crippen LogP contribution in [0.2, 0.25) is 0 Å². The molecule has 0 radical (unpaired) electrons. The van der Waals surface area contributed by atoms with E-state index < -0.39 is 5.92 Å². The van der Waals surface area contributed by atoms with E-state index >= 15 is 0 Å². The van der Waals surface area contributed by atoms with Crippen molar-refractivity contribution in [2.24, 2.45) is 5.73 Å². The molecule has 0 spiro atoms. The first kappa shape index (κ1) is 23.3. The molecule has 174 valence electrons. The number of rotatable bonds is 7. The van der Waals surface area contributed by atoms with E-state index in [0.717, 1.165) is 21.2 Å². The van der Waals surface area contributed by atoms with Gasteiger partial charge in [-0.15, -0.1) is 0 Å². The van der Waals surface area contributed by atoms with E-state index in [0.29, 0.717) is 40.9 Å². The number of hydrogen-bond donors (Lipinski definition) is 1. The molecule has 34 heavy (non-hydrogen) atoms. The van der Waals surface area contributed by atoms with E-state index in [-0.39, 0.29) is 5.88 Å². The second-order valence-corrected chi connectivity index (χ2v) is 8.32. The Kier molecular flexibility index (Phi) is 6.85. The summed E-state index contributed by atoms with van der Waals surface area (Å²) < 4.78 is 29.2. The number of nitrogens with zero attached hydrogens (tertiary/aromatic N) is 1. The molecule has 3 aromatic carbocycles. The normalized spacial score (nSPS) is 14.5. The Bertz CT molecular complexity index is 1270. The quantitative estimate of drug-likeness (QED) is 0.451. The summed E-state index contributed by atoms with van der Waals surface area (Å²) in [7, 11) is 4.63. The maximum Gasteiger partial charge on any atom is 0.205 e. The summed E-state index contributed by atoms with van der Waals surface area (Å²) in [5, 5.41) is 9.88. The fourth-order valence-electron chi connectivity index (χ4n) is 3.91. The van der Waals surface area contributed by atoms with Gasteiger partial charge in [-0.1, -0.05) is 40.2 Å². The third kappa shape index (κ3) is 4.35. The molecule has 1 aliphatic heterocycles. The van der Waals surface area contributed by atoms with Crippen molar-refractivity contribution in [3.05, 3.63) is 87.2 Å². The summed E-state index contributed by atoms with van der Waals surface area (Å²) in [4.78, 5) is 0. The summed E-state index contributed by atoms with van der Waals surface area (Å²) >= 11 is 3.53. The monoisotopic (exact) mass is 522 g/mol. The van der Waals surface area contributed by atoms with Crippen LogP contribution in [0, 0.1) is 11.3 Å². The Morgan fingerprint density at radius 3 is 2.32 bits per heavy atom. The molecule has 3 aromatic rings. The van der Waals surface area contributed by atoms with Crippen LogP contribution in [0.5, 0.6) is 28.7 Å². The van der Waals surface area contributed by atoms with Crippen LogP contribution in [0.4, 0.5) is 0 Å². The van der Waals surface area contributed by atoms with Crippen molar-refractivity contribution < 1.29 is 23.7 Å². The van der Waals surface area contributed by atoms with E-state index in [1.54, 1.807) is 20.3 Å². The van der Waals surface area contributed by atoms with Gasteiger partial charge in [-0.2, -0.15) is 5.26 Å². The van der Waals surface area contributed by atoms with Gasteiger partial charge in [0.1, 0.15) is 29.7 Å². The first-order valence-corrected chi connectivity index (χ1v) is 11.2. The molecule has 1 unspecified atom stereocenters. The van der Waals surface area contributed by atoms with Crippen LogP contribution in [0.25, 0.3) is 0 Å². The van der Waals surface area contributed by atoms with Crippen molar-refractivity contribution in [1.29, 1.82) is 5.26 Å². The molecular formula is C26H23BrN2O5. The van der Waals surface area contributed by atoms with Crippen molar-refractivity contribution in [3.63, 3.8) is 0 Å². The molecule has 4 rings (SSSR count). The van der Waals surface area contributed by atoms with E-state index in [1.807, 2.05) is 48.5 Å². The third-order valence-corrected chi connectivity index (χ3v) is 6.34. The van der Waals surface area contributed by atoms with Crippen molar-refractivity contribution in [2.75, 3.05) is 21.3 Å². The molecule has 0 aliphatic carbocycles. The lowest BCUT2D eigenvalue weighted by atomic mass is 9.83. The van der Waals surface area contributed by atoms with Crippen LogP contribution in [0.1, 0.15) is 22.6 Å². The number of nitrogens with two attached hydrogens (primary N) is 1. The van der Waals surface area contributed by atoms with Gasteiger partial charge in [0.05, 0.1) is 27.2 Å². The van der Waals surface area contributed by atoms with E-state index in [4.69, 9.17) is 29.4 Å². The lowest BCUT2D eigenvalue weighted by molar-refractivity contribution is 0.302. The highest BCUT2D eigenvalue weighted by molar-refractivity contribution is 9.10. The van der Waals surface area contributed by atoms with Crippen LogP contribution < -0.4 is 29.4 Å². The zero-order chi connectivity index (χ0) is 24.2. The van der Waals surface area contributed by atoms with Crippen molar-refractivity contribution in [1.82, 2.24) is 0 Å². The van der Waals surface area contributed by atoms with E-state index in [1.165, 1.54) is 7.11 Å². The number of hydrogen-bond acceptors (Lipinski definition) is 7. The topological polar surface area (TPSA) is 96.0 Å². The Labute approximate surface area is 206 Å². The smallest absolute Gasteiger partial charge is 0.205 e. The van der Waals surface area contributed by atoms with Crippen LogP contribution in [0.15, 0.2) is 70.5 Å². The highest BCUT2D eigenvalue weighted by Crippen LogP contribution is 2.47. The van der Waals surface area contributed by atoms with Crippen LogP contribution >= 0.6 is 15.9 Å². The van der Waals surface area contributed by atoms with Crippen molar-refractivity contribution in [2.45, 2.75) is 12.5 Å². The van der Waals surface area contributed by atoms with Crippen LogP contribution in [-0.4, -0.2) is 21.3 Å². The second-order valence-electron chi connectivity index (χ2n) is 7.46. The SMILES string of the molecule is COc1cc(C2C(C#N)=C(N)Oc3cc(OCc4ccccc4Br)ccc32)cc(OC)c1OC. The van der Waals surface area contributed by atoms with Crippen molar-refractivity contribution in [3.8, 4) is 34.8 Å². The number of nitriles is 1. The summed E-state index contributed by atoms with van der Waals surface area (Å²) in [5.74, 6) is 2.11. The molecule has 0 saturated heterocycles. The molecule has 1 atom stereocenters. The highest BCUT2D eigenvalue weighted by Gasteiger charge is 2.32. The number of benzene rings is 3. The number of ether oxygens (including phenoxy) is 5. The predicted octanol–water partition coefficient (Wildman–Crippen LogP) is 5.27. The average molecular weight is 523 g/mol. The zero-order valence-corrected chi connectivity index (χ0v) is 20.5. The average Bonchev–Trinajstić information content (AvgIpc) is 2.86. The molecule has 2 N–H and O–H groups in total. The number of halogens is 1. The Morgan fingerprint density at radius 1 is 1.00 bits per heavy atom. The van der Waals surface area contributed by atoms with Crippen molar-refractivity contribution >= 4 is 15.9 Å². The number of allylic oxidation sites excluding steroid dienone is 1. The van der Waals surface area contributed by atoms with Gasteiger partial charge >= 0.3 is 0 Å². The molecule has 1 heterocycles. The molecule has 7 nitrogen and oxygen atoms in total. The van der Waals surface area contributed by atoms with Crippen LogP contribution in [0.3, 0.4) is 0 Å². The Morgan fingerprint density at radius 2 is 1.71 bits per heavy atom. The minimum Gasteiger partial charge on any atom is -0.493 e. The van der Waals surface area contributed by atoms with Gasteiger partial charge in [-0.3, -0.25) is 0 Å². The fraction of sp³-hybridized carbons (Fsp3) is 0.192. The molecule has 8 heteroatoms. The first-order valence-electron chi connectivity index (χ1n) is 10.4. The first-order chi connectivity index (χ1) is 16.5. The van der Waals surface area contributed by atoms with Gasteiger partial charge in [0, 0.05) is 21.7 Å². The third-order valence-electron chi connectivity index (χ3n) is 5.56. The van der Waals surface area contributed by atoms with E-state index in [9.17, 15) is 5.26 Å². The molecule has 1 aliphatic rings. The minimum absolute atomic E-state index is 0.0386. The Balaban J connectivity index is 1.74. The Hall–Kier alpha value is -3.83. The summed E-state index contributed by atoms with van der Waals surface area (Å²) in [6.07, 6.45) is 0. The van der Waals surface area contributed by atoms with Gasteiger partial charge in [0.15, 0.2) is 11.5 Å². The van der Waals surface area contributed by atoms with Gasteiger partial charge in [0.25, 0.3) is 0 Å². The maximum atomic E-state index is 9.88. The summed E-state index contributed by atoms with van der Waals surface area (Å²) in [6, 6.07) is 19.2. The zero-order valence-electron chi connectivity index (χ0n) is 18.9. The molecule has 0 fully saturated rings. The van der Waals surface area contributed by atoms with Crippen LogP contribution in [-0.2, 0) is 6.61 Å².